The van der Waals surface area contributed by atoms with E-state index in [1.807, 2.05) is 37.5 Å². The molecule has 0 bridgehead atoms. The SMILES string of the molecule is Cc1nccn1CC1CN(c2cc(=O)n3ccccc3n2)C1. The molecule has 0 amide bonds. The van der Waals surface area contributed by atoms with Crippen LogP contribution in [0, 0.1) is 12.8 Å². The third kappa shape index (κ3) is 2.16. The Morgan fingerprint density at radius 2 is 2.14 bits per heavy atom. The molecule has 0 atom stereocenters. The van der Waals surface area contributed by atoms with E-state index < -0.39 is 0 Å². The van der Waals surface area contributed by atoms with E-state index >= 15 is 0 Å². The van der Waals surface area contributed by atoms with Crippen LogP contribution in [0.25, 0.3) is 5.65 Å². The number of aryl methyl sites for hydroxylation is 1. The molecule has 112 valence electrons. The van der Waals surface area contributed by atoms with Crippen molar-refractivity contribution < 1.29 is 0 Å². The lowest BCUT2D eigenvalue weighted by molar-refractivity contribution is 0.352. The van der Waals surface area contributed by atoms with Gasteiger partial charge in [0.1, 0.15) is 17.3 Å². The molecule has 0 N–H and O–H groups in total. The number of imidazole rings is 1. The number of hydrogen-bond donors (Lipinski definition) is 0. The van der Waals surface area contributed by atoms with Gasteiger partial charge in [-0.05, 0) is 19.1 Å². The molecule has 6 heteroatoms. The van der Waals surface area contributed by atoms with Crippen molar-refractivity contribution in [3.8, 4) is 0 Å². The summed E-state index contributed by atoms with van der Waals surface area (Å²) < 4.78 is 3.74. The van der Waals surface area contributed by atoms with Crippen molar-refractivity contribution in [2.24, 2.45) is 5.92 Å². The molecule has 1 aliphatic heterocycles. The van der Waals surface area contributed by atoms with Crippen molar-refractivity contribution in [1.82, 2.24) is 18.9 Å². The van der Waals surface area contributed by atoms with Crippen LogP contribution in [-0.4, -0.2) is 32.0 Å². The molecule has 0 unspecified atom stereocenters. The maximum absolute atomic E-state index is 12.1. The van der Waals surface area contributed by atoms with Gasteiger partial charge < -0.3 is 9.47 Å². The summed E-state index contributed by atoms with van der Waals surface area (Å²) in [6.45, 7) is 4.83. The summed E-state index contributed by atoms with van der Waals surface area (Å²) in [5.41, 5.74) is 0.661. The van der Waals surface area contributed by atoms with Crippen molar-refractivity contribution >= 4 is 11.5 Å². The molecule has 0 saturated carbocycles. The van der Waals surface area contributed by atoms with Gasteiger partial charge in [0.05, 0.1) is 0 Å². The molecular weight excluding hydrogens is 278 g/mol. The van der Waals surface area contributed by atoms with Crippen LogP contribution < -0.4 is 10.5 Å². The number of fused-ring (bicyclic) bond motifs is 1. The maximum Gasteiger partial charge on any atom is 0.259 e. The molecule has 1 fully saturated rings. The number of rotatable bonds is 3. The molecule has 6 nitrogen and oxygen atoms in total. The summed E-state index contributed by atoms with van der Waals surface area (Å²) in [6.07, 6.45) is 5.59. The summed E-state index contributed by atoms with van der Waals surface area (Å²) in [6, 6.07) is 7.21. The fourth-order valence-corrected chi connectivity index (χ4v) is 2.95. The first kappa shape index (κ1) is 13.1. The summed E-state index contributed by atoms with van der Waals surface area (Å²) in [5, 5.41) is 0. The average molecular weight is 295 g/mol. The molecule has 0 spiro atoms. The summed E-state index contributed by atoms with van der Waals surface area (Å²) in [5.74, 6) is 2.39. The summed E-state index contributed by atoms with van der Waals surface area (Å²) >= 11 is 0. The third-order valence-electron chi connectivity index (χ3n) is 4.22. The smallest absolute Gasteiger partial charge is 0.259 e. The Morgan fingerprint density at radius 1 is 1.27 bits per heavy atom. The first-order valence-electron chi connectivity index (χ1n) is 7.42. The van der Waals surface area contributed by atoms with Crippen molar-refractivity contribution in [3.05, 3.63) is 59.0 Å². The van der Waals surface area contributed by atoms with Crippen LogP contribution in [0.4, 0.5) is 5.82 Å². The second-order valence-electron chi connectivity index (χ2n) is 5.78. The van der Waals surface area contributed by atoms with Crippen molar-refractivity contribution in [2.75, 3.05) is 18.0 Å². The highest BCUT2D eigenvalue weighted by Gasteiger charge is 2.28. The summed E-state index contributed by atoms with van der Waals surface area (Å²) in [4.78, 5) is 23.1. The molecule has 0 aromatic carbocycles. The maximum atomic E-state index is 12.1. The molecule has 22 heavy (non-hydrogen) atoms. The van der Waals surface area contributed by atoms with E-state index in [4.69, 9.17) is 0 Å². The largest absolute Gasteiger partial charge is 0.356 e. The van der Waals surface area contributed by atoms with Crippen LogP contribution in [0.15, 0.2) is 47.7 Å². The van der Waals surface area contributed by atoms with Crippen LogP contribution in [-0.2, 0) is 6.54 Å². The molecule has 4 rings (SSSR count). The predicted octanol–water partition coefficient (Wildman–Crippen LogP) is 1.34. The Labute approximate surface area is 127 Å². The minimum Gasteiger partial charge on any atom is -0.356 e. The fraction of sp³-hybridized carbons (Fsp3) is 0.312. The van der Waals surface area contributed by atoms with Crippen LogP contribution in [0.5, 0.6) is 0 Å². The van der Waals surface area contributed by atoms with Gasteiger partial charge >= 0.3 is 0 Å². The number of pyridine rings is 1. The van der Waals surface area contributed by atoms with Crippen LogP contribution >= 0.6 is 0 Å². The Morgan fingerprint density at radius 3 is 2.91 bits per heavy atom. The molecule has 1 aliphatic rings. The molecule has 3 aromatic rings. The van der Waals surface area contributed by atoms with Gasteiger partial charge in [-0.3, -0.25) is 9.20 Å². The fourth-order valence-electron chi connectivity index (χ4n) is 2.95. The zero-order valence-corrected chi connectivity index (χ0v) is 12.4. The highest BCUT2D eigenvalue weighted by Crippen LogP contribution is 2.23. The van der Waals surface area contributed by atoms with Crippen LogP contribution in [0.3, 0.4) is 0 Å². The Bertz CT molecular complexity index is 875. The number of hydrogen-bond acceptors (Lipinski definition) is 4. The van der Waals surface area contributed by atoms with Gasteiger partial charge in [-0.15, -0.1) is 0 Å². The minimum absolute atomic E-state index is 0.0329. The first-order chi connectivity index (χ1) is 10.7. The number of nitrogens with zero attached hydrogens (tertiary/aromatic N) is 5. The third-order valence-corrected chi connectivity index (χ3v) is 4.22. The Kier molecular flexibility index (Phi) is 2.96. The van der Waals surface area contributed by atoms with E-state index in [-0.39, 0.29) is 5.56 Å². The van der Waals surface area contributed by atoms with E-state index in [0.717, 1.165) is 31.3 Å². The van der Waals surface area contributed by atoms with Crippen LogP contribution in [0.1, 0.15) is 5.82 Å². The van der Waals surface area contributed by atoms with Gasteiger partial charge in [0.2, 0.25) is 0 Å². The van der Waals surface area contributed by atoms with Crippen molar-refractivity contribution in [2.45, 2.75) is 13.5 Å². The zero-order valence-electron chi connectivity index (χ0n) is 12.4. The molecule has 0 radical (unpaired) electrons. The Hall–Kier alpha value is -2.63. The normalized spacial score (nSPS) is 15.2. The van der Waals surface area contributed by atoms with Gasteiger partial charge in [0, 0.05) is 50.2 Å². The zero-order chi connectivity index (χ0) is 15.1. The lowest BCUT2D eigenvalue weighted by Gasteiger charge is -2.40. The monoisotopic (exact) mass is 295 g/mol. The van der Waals surface area contributed by atoms with Gasteiger partial charge in [0.25, 0.3) is 5.56 Å². The second kappa shape index (κ2) is 4.98. The molecule has 4 heterocycles. The second-order valence-corrected chi connectivity index (χ2v) is 5.78. The van der Waals surface area contributed by atoms with Crippen molar-refractivity contribution in [3.63, 3.8) is 0 Å². The first-order valence-corrected chi connectivity index (χ1v) is 7.42. The number of anilines is 1. The Balaban J connectivity index is 1.51. The van der Waals surface area contributed by atoms with E-state index in [2.05, 4.69) is 19.4 Å². The van der Waals surface area contributed by atoms with Gasteiger partial charge in [-0.2, -0.15) is 0 Å². The van der Waals surface area contributed by atoms with Gasteiger partial charge in [-0.1, -0.05) is 6.07 Å². The van der Waals surface area contributed by atoms with E-state index in [1.54, 1.807) is 16.7 Å². The standard InChI is InChI=1S/C16H17N5O/c1-12-17-5-7-19(12)9-13-10-20(11-13)15-8-16(22)21-6-3-2-4-14(21)18-15/h2-8,13H,9-11H2,1H3. The van der Waals surface area contributed by atoms with Crippen molar-refractivity contribution in [1.29, 1.82) is 0 Å². The quantitative estimate of drug-likeness (QED) is 0.731. The topological polar surface area (TPSA) is 55.4 Å². The van der Waals surface area contributed by atoms with E-state index in [9.17, 15) is 4.79 Å². The minimum atomic E-state index is -0.0329. The van der Waals surface area contributed by atoms with E-state index in [1.165, 1.54) is 0 Å². The molecular formula is C16H17N5O. The van der Waals surface area contributed by atoms with Gasteiger partial charge in [-0.25, -0.2) is 9.97 Å². The summed E-state index contributed by atoms with van der Waals surface area (Å²) in [7, 11) is 0. The van der Waals surface area contributed by atoms with Gasteiger partial charge in [0.15, 0.2) is 0 Å². The number of aromatic nitrogens is 4. The highest BCUT2D eigenvalue weighted by molar-refractivity contribution is 5.49. The molecule has 1 saturated heterocycles. The van der Waals surface area contributed by atoms with E-state index in [0.29, 0.717) is 11.6 Å². The van der Waals surface area contributed by atoms with Crippen LogP contribution in [0.2, 0.25) is 0 Å². The molecule has 3 aromatic heterocycles. The predicted molar refractivity (Wildman–Crippen MR) is 84.1 cm³/mol. The lowest BCUT2D eigenvalue weighted by atomic mass is 10.00. The highest BCUT2D eigenvalue weighted by atomic mass is 16.1. The lowest BCUT2D eigenvalue weighted by Crippen LogP contribution is -2.49. The average Bonchev–Trinajstić information content (AvgIpc) is 2.87. The molecule has 0 aliphatic carbocycles.